The summed E-state index contributed by atoms with van der Waals surface area (Å²) in [5.74, 6) is 1.79. The molecule has 2 aromatic rings. The molecule has 6 heteroatoms. The monoisotopic (exact) mass is 460 g/mol. The van der Waals surface area contributed by atoms with Gasteiger partial charge in [0.15, 0.2) is 0 Å². The zero-order valence-electron chi connectivity index (χ0n) is 20.1. The molecule has 1 amide bonds. The lowest BCUT2D eigenvalue weighted by atomic mass is 9.71. The van der Waals surface area contributed by atoms with Gasteiger partial charge in [-0.25, -0.2) is 0 Å². The second kappa shape index (κ2) is 9.89. The Balaban J connectivity index is 1.40. The summed E-state index contributed by atoms with van der Waals surface area (Å²) < 4.78 is 11.6. The Hall–Kier alpha value is -3.33. The zero-order valence-corrected chi connectivity index (χ0v) is 20.1. The Morgan fingerprint density at radius 3 is 2.44 bits per heavy atom. The van der Waals surface area contributed by atoms with Gasteiger partial charge in [0, 0.05) is 29.2 Å². The van der Waals surface area contributed by atoms with E-state index in [4.69, 9.17) is 9.47 Å². The highest BCUT2D eigenvalue weighted by Crippen LogP contribution is 2.39. The van der Waals surface area contributed by atoms with Crippen molar-refractivity contribution in [3.8, 4) is 23.3 Å². The number of nitrogens with zero attached hydrogens (tertiary/aromatic N) is 1. The number of hydrogen-bond acceptors (Lipinski definition) is 5. The van der Waals surface area contributed by atoms with E-state index < -0.39 is 0 Å². The quantitative estimate of drug-likeness (QED) is 0.574. The number of benzene rings is 2. The summed E-state index contributed by atoms with van der Waals surface area (Å²) >= 11 is 0. The van der Waals surface area contributed by atoms with Gasteiger partial charge in [-0.3, -0.25) is 4.79 Å². The summed E-state index contributed by atoms with van der Waals surface area (Å²) in [7, 11) is 0. The van der Waals surface area contributed by atoms with Crippen LogP contribution in [0.4, 0.5) is 0 Å². The average molecular weight is 461 g/mol. The lowest BCUT2D eigenvalue weighted by Gasteiger charge is -2.37. The minimum Gasteiger partial charge on any atom is -0.493 e. The van der Waals surface area contributed by atoms with E-state index in [2.05, 4.69) is 32.2 Å². The summed E-state index contributed by atoms with van der Waals surface area (Å²) in [6.07, 6.45) is 5.79. The van der Waals surface area contributed by atoms with Gasteiger partial charge in [0.05, 0.1) is 12.2 Å². The third kappa shape index (κ3) is 5.25. The normalized spacial score (nSPS) is 22.0. The summed E-state index contributed by atoms with van der Waals surface area (Å²) in [5, 5.41) is 12.7. The molecule has 0 radical (unpaired) electrons. The van der Waals surface area contributed by atoms with E-state index in [1.54, 1.807) is 36.4 Å². The van der Waals surface area contributed by atoms with Crippen molar-refractivity contribution >= 4 is 12.2 Å². The van der Waals surface area contributed by atoms with Gasteiger partial charge in [0.1, 0.15) is 29.6 Å². The van der Waals surface area contributed by atoms with Crippen LogP contribution in [0.5, 0.6) is 17.2 Å². The second-order valence-corrected chi connectivity index (χ2v) is 10.4. The van der Waals surface area contributed by atoms with Crippen LogP contribution < -0.4 is 14.8 Å². The van der Waals surface area contributed by atoms with Gasteiger partial charge >= 0.3 is 0 Å². The maximum absolute atomic E-state index is 12.7. The fraction of sp³-hybridized carbons (Fsp3) is 0.464. The molecule has 178 valence electrons. The first-order valence-corrected chi connectivity index (χ1v) is 12.0. The third-order valence-corrected chi connectivity index (χ3v) is 7.11. The maximum Gasteiger partial charge on any atom is 0.251 e. The molecule has 2 aliphatic rings. The molecule has 1 unspecified atom stereocenters. The summed E-state index contributed by atoms with van der Waals surface area (Å²) in [4.78, 5) is 24.1. The average Bonchev–Trinajstić information content (AvgIpc) is 2.83. The Kier molecular flexibility index (Phi) is 6.92. The van der Waals surface area contributed by atoms with Gasteiger partial charge in [0.2, 0.25) is 0 Å². The van der Waals surface area contributed by atoms with Crippen molar-refractivity contribution in [2.75, 3.05) is 6.61 Å². The molecule has 1 N–H and O–H groups in total. The minimum atomic E-state index is -0.272. The lowest BCUT2D eigenvalue weighted by Crippen LogP contribution is -2.39. The number of aldehydes is 1. The van der Waals surface area contributed by atoms with Crippen molar-refractivity contribution in [1.82, 2.24) is 5.32 Å². The fourth-order valence-electron chi connectivity index (χ4n) is 4.93. The van der Waals surface area contributed by atoms with Gasteiger partial charge in [-0.05, 0) is 73.8 Å². The minimum absolute atomic E-state index is 0.0782. The van der Waals surface area contributed by atoms with Crippen molar-refractivity contribution in [2.24, 2.45) is 11.3 Å². The first-order valence-electron chi connectivity index (χ1n) is 12.0. The Labute approximate surface area is 201 Å². The second-order valence-electron chi connectivity index (χ2n) is 10.4. The first kappa shape index (κ1) is 23.8. The highest BCUT2D eigenvalue weighted by atomic mass is 16.5. The predicted molar refractivity (Wildman–Crippen MR) is 129 cm³/mol. The summed E-state index contributed by atoms with van der Waals surface area (Å²) in [6.45, 7) is 7.32. The molecule has 34 heavy (non-hydrogen) atoms. The molecule has 1 aliphatic carbocycles. The van der Waals surface area contributed by atoms with Crippen LogP contribution in [-0.2, 0) is 4.79 Å². The van der Waals surface area contributed by atoms with E-state index in [9.17, 15) is 14.9 Å². The molecule has 1 saturated carbocycles. The predicted octanol–water partition coefficient (Wildman–Crippen LogP) is 5.75. The van der Waals surface area contributed by atoms with Crippen LogP contribution in [0.1, 0.15) is 80.3 Å². The van der Waals surface area contributed by atoms with Crippen LogP contribution in [0.3, 0.4) is 0 Å². The third-order valence-electron chi connectivity index (χ3n) is 7.11. The van der Waals surface area contributed by atoms with Crippen LogP contribution in [0.2, 0.25) is 0 Å². The molecular formula is C28H32N2O4. The van der Waals surface area contributed by atoms with Gasteiger partial charge < -0.3 is 19.6 Å². The number of carbonyl (C=O) groups is 2. The topological polar surface area (TPSA) is 88.4 Å². The van der Waals surface area contributed by atoms with E-state index in [1.807, 2.05) is 0 Å². The zero-order chi connectivity index (χ0) is 24.3. The molecule has 1 aliphatic heterocycles. The number of rotatable bonds is 5. The highest BCUT2D eigenvalue weighted by molar-refractivity contribution is 5.94. The number of amides is 1. The molecular weight excluding hydrogens is 428 g/mol. The summed E-state index contributed by atoms with van der Waals surface area (Å²) in [6, 6.07) is 12.6. The number of hydrogen-bond donors (Lipinski definition) is 1. The molecule has 1 fully saturated rings. The molecule has 2 aromatic carbocycles. The van der Waals surface area contributed by atoms with Crippen LogP contribution in [0, 0.1) is 22.7 Å². The number of ether oxygens (including phenoxy) is 2. The Morgan fingerprint density at radius 1 is 1.12 bits per heavy atom. The van der Waals surface area contributed by atoms with Crippen LogP contribution in [-0.4, -0.2) is 24.8 Å². The SMILES string of the molecule is CC(C)(C)C1CCC(NC(=O)c2ccc(Oc3cc4c(cc3C#N)C(C=O)CCO4)cc2)CC1. The van der Waals surface area contributed by atoms with Gasteiger partial charge in [-0.2, -0.15) is 5.26 Å². The maximum atomic E-state index is 12.7. The molecule has 0 aromatic heterocycles. The van der Waals surface area contributed by atoms with Crippen molar-refractivity contribution in [3.05, 3.63) is 53.1 Å². The molecule has 6 nitrogen and oxygen atoms in total. The molecule has 1 atom stereocenters. The summed E-state index contributed by atoms with van der Waals surface area (Å²) in [5.41, 5.74) is 1.95. The van der Waals surface area contributed by atoms with Gasteiger partial charge in [0.25, 0.3) is 5.91 Å². The smallest absolute Gasteiger partial charge is 0.251 e. The Morgan fingerprint density at radius 2 is 1.82 bits per heavy atom. The Bertz CT molecular complexity index is 1090. The number of nitrogens with one attached hydrogen (secondary N) is 1. The molecule has 0 saturated heterocycles. The van der Waals surface area contributed by atoms with Gasteiger partial charge in [-0.15, -0.1) is 0 Å². The molecule has 0 spiro atoms. The highest BCUT2D eigenvalue weighted by Gasteiger charge is 2.30. The first-order chi connectivity index (χ1) is 16.3. The van der Waals surface area contributed by atoms with Crippen molar-refractivity contribution in [1.29, 1.82) is 5.26 Å². The standard InChI is InChI=1S/C28H32N2O4/c1-28(2,3)21-6-8-22(9-7-21)30-27(32)18-4-10-23(11-5-18)34-25-15-26-24(14-20(25)16-29)19(17-31)12-13-33-26/h4-5,10-11,14-15,17,19,21-22H,6-9,12-13H2,1-3H3,(H,30,32). The number of fused-ring (bicyclic) bond motifs is 1. The number of nitriles is 1. The largest absolute Gasteiger partial charge is 0.493 e. The molecule has 1 heterocycles. The molecule has 0 bridgehead atoms. The lowest BCUT2D eigenvalue weighted by molar-refractivity contribution is -0.109. The fourth-order valence-corrected chi connectivity index (χ4v) is 4.93. The van der Waals surface area contributed by atoms with Crippen LogP contribution in [0.25, 0.3) is 0 Å². The molecule has 4 rings (SSSR count). The van der Waals surface area contributed by atoms with Gasteiger partial charge in [-0.1, -0.05) is 20.8 Å². The van der Waals surface area contributed by atoms with E-state index in [1.165, 1.54) is 0 Å². The number of carbonyl (C=O) groups excluding carboxylic acids is 2. The van der Waals surface area contributed by atoms with E-state index in [0.29, 0.717) is 58.3 Å². The van der Waals surface area contributed by atoms with E-state index in [0.717, 1.165) is 32.0 Å². The van der Waals surface area contributed by atoms with Crippen LogP contribution >= 0.6 is 0 Å². The van der Waals surface area contributed by atoms with Crippen molar-refractivity contribution in [2.45, 2.75) is 64.8 Å². The van der Waals surface area contributed by atoms with E-state index in [-0.39, 0.29) is 17.9 Å². The van der Waals surface area contributed by atoms with E-state index >= 15 is 0 Å². The van der Waals surface area contributed by atoms with Crippen LogP contribution in [0.15, 0.2) is 36.4 Å². The van der Waals surface area contributed by atoms with Crippen molar-refractivity contribution < 1.29 is 19.1 Å². The van der Waals surface area contributed by atoms with Crippen molar-refractivity contribution in [3.63, 3.8) is 0 Å².